The number of imide groups is 1. The largest absolute Gasteiger partial charge is 0.350 e. The molecule has 3 amide bonds. The van der Waals surface area contributed by atoms with Gasteiger partial charge >= 0.3 is 0 Å². The van der Waals surface area contributed by atoms with Crippen molar-refractivity contribution in [2.24, 2.45) is 0 Å². The summed E-state index contributed by atoms with van der Waals surface area (Å²) in [4.78, 5) is 37.2. The lowest BCUT2D eigenvalue weighted by Crippen LogP contribution is -2.52. The lowest BCUT2D eigenvalue weighted by atomic mass is 9.77. The lowest BCUT2D eigenvalue weighted by Gasteiger charge is -2.38. The van der Waals surface area contributed by atoms with Gasteiger partial charge in [0.05, 0.1) is 0 Å². The summed E-state index contributed by atoms with van der Waals surface area (Å²) in [6, 6.07) is 8.23. The summed E-state index contributed by atoms with van der Waals surface area (Å²) < 4.78 is 1.04. The van der Waals surface area contributed by atoms with Crippen LogP contribution in [0.2, 0.25) is 0 Å². The number of amides is 3. The molecule has 1 saturated carbocycles. The number of hydrogen-bond donors (Lipinski definition) is 1. The molecule has 140 valence electrons. The van der Waals surface area contributed by atoms with Crippen LogP contribution in [0, 0.1) is 0 Å². The second kappa shape index (κ2) is 8.33. The van der Waals surface area contributed by atoms with Gasteiger partial charge in [-0.15, -0.1) is 0 Å². The maximum absolute atomic E-state index is 12.6. The molecule has 2 fully saturated rings. The van der Waals surface area contributed by atoms with Gasteiger partial charge in [-0.25, -0.2) is 0 Å². The molecule has 1 aliphatic carbocycles. The van der Waals surface area contributed by atoms with Gasteiger partial charge in [0.2, 0.25) is 17.7 Å². The van der Waals surface area contributed by atoms with Gasteiger partial charge in [-0.2, -0.15) is 0 Å². The van der Waals surface area contributed by atoms with E-state index in [1.54, 1.807) is 0 Å². The fourth-order valence-electron chi connectivity index (χ4n) is 4.01. The smallest absolute Gasteiger partial charge is 0.229 e. The van der Waals surface area contributed by atoms with Gasteiger partial charge in [-0.05, 0) is 37.0 Å². The quantitative estimate of drug-likeness (QED) is 0.717. The van der Waals surface area contributed by atoms with Crippen molar-refractivity contribution in [2.75, 3.05) is 6.54 Å². The molecule has 1 heterocycles. The van der Waals surface area contributed by atoms with Gasteiger partial charge in [0.15, 0.2) is 0 Å². The van der Waals surface area contributed by atoms with Gasteiger partial charge in [0.25, 0.3) is 0 Å². The fraction of sp³-hybridized carbons (Fsp3) is 0.550. The Hall–Kier alpha value is -1.69. The molecule has 3 rings (SSSR count). The molecular weight excluding hydrogens is 396 g/mol. The van der Waals surface area contributed by atoms with E-state index in [1.807, 2.05) is 12.1 Å². The molecule has 0 bridgehead atoms. The Bertz CT molecular complexity index is 665. The summed E-state index contributed by atoms with van der Waals surface area (Å²) in [7, 11) is 0. The molecule has 1 aromatic rings. The van der Waals surface area contributed by atoms with Crippen LogP contribution in [0.4, 0.5) is 0 Å². The van der Waals surface area contributed by atoms with E-state index in [4.69, 9.17) is 0 Å². The minimum absolute atomic E-state index is 0.0727. The first-order valence-electron chi connectivity index (χ1n) is 9.36. The van der Waals surface area contributed by atoms with Crippen LogP contribution in [-0.2, 0) is 20.8 Å². The van der Waals surface area contributed by atoms with Crippen LogP contribution < -0.4 is 5.32 Å². The van der Waals surface area contributed by atoms with Crippen LogP contribution in [0.1, 0.15) is 56.9 Å². The fourth-order valence-corrected chi connectivity index (χ4v) is 4.28. The molecule has 1 saturated heterocycles. The maximum atomic E-state index is 12.6. The van der Waals surface area contributed by atoms with Crippen molar-refractivity contribution >= 4 is 33.7 Å². The van der Waals surface area contributed by atoms with E-state index in [-0.39, 0.29) is 49.1 Å². The van der Waals surface area contributed by atoms with Gasteiger partial charge in [-0.1, -0.05) is 47.3 Å². The van der Waals surface area contributed by atoms with E-state index in [2.05, 4.69) is 33.4 Å². The van der Waals surface area contributed by atoms with Crippen LogP contribution >= 0.6 is 15.9 Å². The molecule has 26 heavy (non-hydrogen) atoms. The molecule has 0 unspecified atom stereocenters. The summed E-state index contributed by atoms with van der Waals surface area (Å²) >= 11 is 3.46. The highest BCUT2D eigenvalue weighted by atomic mass is 79.9. The van der Waals surface area contributed by atoms with E-state index in [0.717, 1.165) is 36.6 Å². The maximum Gasteiger partial charge on any atom is 0.229 e. The number of nitrogens with one attached hydrogen (secondary N) is 1. The van der Waals surface area contributed by atoms with Gasteiger partial charge in [0, 0.05) is 35.8 Å². The van der Waals surface area contributed by atoms with Crippen molar-refractivity contribution in [3.8, 4) is 0 Å². The van der Waals surface area contributed by atoms with Crippen LogP contribution in [0.25, 0.3) is 0 Å². The molecule has 2 aliphatic rings. The Morgan fingerprint density at radius 2 is 1.65 bits per heavy atom. The van der Waals surface area contributed by atoms with E-state index in [1.165, 1.54) is 16.9 Å². The Morgan fingerprint density at radius 3 is 2.27 bits per heavy atom. The number of hydrogen-bond acceptors (Lipinski definition) is 3. The normalized spacial score (nSPS) is 19.7. The Balaban J connectivity index is 1.62. The summed E-state index contributed by atoms with van der Waals surface area (Å²) in [5.41, 5.74) is 0.989. The molecular formula is C20H25BrN2O3. The minimum atomic E-state index is -0.220. The number of benzene rings is 1. The zero-order valence-electron chi connectivity index (χ0n) is 14.9. The monoisotopic (exact) mass is 420 g/mol. The number of halogens is 1. The number of carbonyl (C=O) groups excluding carboxylic acids is 3. The number of carbonyl (C=O) groups is 3. The zero-order valence-corrected chi connectivity index (χ0v) is 16.5. The van der Waals surface area contributed by atoms with E-state index in [0.29, 0.717) is 0 Å². The molecule has 1 N–H and O–H groups in total. The highest BCUT2D eigenvalue weighted by Crippen LogP contribution is 2.32. The van der Waals surface area contributed by atoms with Crippen LogP contribution in [0.5, 0.6) is 0 Å². The Labute approximate surface area is 162 Å². The van der Waals surface area contributed by atoms with Gasteiger partial charge in [0.1, 0.15) is 0 Å². The molecule has 1 aromatic carbocycles. The topological polar surface area (TPSA) is 66.5 Å². The van der Waals surface area contributed by atoms with Crippen molar-refractivity contribution in [1.82, 2.24) is 10.2 Å². The molecule has 0 aromatic heterocycles. The summed E-state index contributed by atoms with van der Waals surface area (Å²) in [6.07, 6.45) is 6.90. The van der Waals surface area contributed by atoms with Crippen molar-refractivity contribution in [3.05, 3.63) is 34.3 Å². The van der Waals surface area contributed by atoms with E-state index < -0.39 is 0 Å². The number of likely N-dealkylation sites (tertiary alicyclic amines) is 1. The lowest BCUT2D eigenvalue weighted by molar-refractivity contribution is -0.138. The molecule has 0 spiro atoms. The summed E-state index contributed by atoms with van der Waals surface area (Å²) in [5, 5.41) is 3.25. The molecule has 6 heteroatoms. The third-order valence-electron chi connectivity index (χ3n) is 5.39. The average molecular weight is 421 g/mol. The standard InChI is InChI=1S/C20H25BrN2O3/c21-16-6-4-15(5-7-16)14-20(11-2-1-3-12-20)22-17(24)10-13-23-18(25)8-9-19(23)26/h4-7H,1-3,8-14H2,(H,22,24). The predicted molar refractivity (Wildman–Crippen MR) is 102 cm³/mol. The van der Waals surface area contributed by atoms with Gasteiger partial charge in [-0.3, -0.25) is 19.3 Å². The second-order valence-electron chi connectivity index (χ2n) is 7.38. The highest BCUT2D eigenvalue weighted by Gasteiger charge is 2.34. The molecule has 0 atom stereocenters. The third-order valence-corrected chi connectivity index (χ3v) is 5.92. The molecule has 5 nitrogen and oxygen atoms in total. The first-order valence-corrected chi connectivity index (χ1v) is 10.2. The SMILES string of the molecule is O=C(CCN1C(=O)CCC1=O)NC1(Cc2ccc(Br)cc2)CCCCC1. The Morgan fingerprint density at radius 1 is 1.04 bits per heavy atom. The second-order valence-corrected chi connectivity index (χ2v) is 8.30. The first kappa shape index (κ1) is 19.1. The average Bonchev–Trinajstić information content (AvgIpc) is 2.94. The van der Waals surface area contributed by atoms with Crippen LogP contribution in [-0.4, -0.2) is 34.7 Å². The van der Waals surface area contributed by atoms with Crippen molar-refractivity contribution in [3.63, 3.8) is 0 Å². The van der Waals surface area contributed by atoms with Crippen molar-refractivity contribution in [1.29, 1.82) is 0 Å². The third kappa shape index (κ3) is 4.72. The zero-order chi connectivity index (χ0) is 18.6. The van der Waals surface area contributed by atoms with Crippen LogP contribution in [0.3, 0.4) is 0 Å². The van der Waals surface area contributed by atoms with Crippen LogP contribution in [0.15, 0.2) is 28.7 Å². The molecule has 1 aliphatic heterocycles. The minimum Gasteiger partial charge on any atom is -0.350 e. The van der Waals surface area contributed by atoms with E-state index in [9.17, 15) is 14.4 Å². The van der Waals surface area contributed by atoms with Crippen molar-refractivity contribution in [2.45, 2.75) is 63.3 Å². The summed E-state index contributed by atoms with van der Waals surface area (Å²) in [5.74, 6) is -0.397. The Kier molecular flexibility index (Phi) is 6.12. The predicted octanol–water partition coefficient (Wildman–Crippen LogP) is 3.35. The van der Waals surface area contributed by atoms with Gasteiger partial charge < -0.3 is 5.32 Å². The first-order chi connectivity index (χ1) is 12.5. The van der Waals surface area contributed by atoms with Crippen molar-refractivity contribution < 1.29 is 14.4 Å². The number of nitrogens with zero attached hydrogens (tertiary/aromatic N) is 1. The van der Waals surface area contributed by atoms with E-state index >= 15 is 0 Å². The molecule has 0 radical (unpaired) electrons. The summed E-state index contributed by atoms with van der Waals surface area (Å²) in [6.45, 7) is 0.192. The number of rotatable bonds is 6. The highest BCUT2D eigenvalue weighted by molar-refractivity contribution is 9.10.